The number of rotatable bonds is 3. The maximum absolute atomic E-state index is 13.7. The summed E-state index contributed by atoms with van der Waals surface area (Å²) in [5.41, 5.74) is 5.91. The molecule has 0 amide bonds. The van der Waals surface area contributed by atoms with E-state index in [2.05, 4.69) is 20.7 Å². The van der Waals surface area contributed by atoms with Crippen LogP contribution in [0.1, 0.15) is 10.4 Å². The van der Waals surface area contributed by atoms with Crippen molar-refractivity contribution in [2.45, 2.75) is 0 Å². The molecule has 0 aliphatic carbocycles. The van der Waals surface area contributed by atoms with E-state index in [4.69, 9.17) is 10.5 Å². The highest BCUT2D eigenvalue weighted by Gasteiger charge is 2.18. The predicted molar refractivity (Wildman–Crippen MR) is 76.3 cm³/mol. The molecular formula is C14H10BrF2NO3. The number of hydrogen-bond acceptors (Lipinski definition) is 4. The second-order valence-electron chi connectivity index (χ2n) is 4.05. The molecule has 0 bridgehead atoms. The number of carbonyl (C=O) groups excluding carboxylic acids is 1. The average Bonchev–Trinajstić information content (AvgIpc) is 2.45. The van der Waals surface area contributed by atoms with Crippen LogP contribution in [0.25, 0.3) is 0 Å². The molecule has 2 rings (SSSR count). The molecule has 7 heteroatoms. The third kappa shape index (κ3) is 3.30. The molecule has 4 nitrogen and oxygen atoms in total. The van der Waals surface area contributed by atoms with Gasteiger partial charge in [0.15, 0.2) is 11.6 Å². The van der Waals surface area contributed by atoms with Crippen LogP contribution >= 0.6 is 15.9 Å². The Morgan fingerprint density at radius 2 is 1.90 bits per heavy atom. The van der Waals surface area contributed by atoms with E-state index in [0.717, 1.165) is 6.07 Å². The number of carbonyl (C=O) groups is 1. The molecule has 0 radical (unpaired) electrons. The first-order valence-corrected chi connectivity index (χ1v) is 6.52. The lowest BCUT2D eigenvalue weighted by Crippen LogP contribution is -2.05. The average molecular weight is 358 g/mol. The number of benzene rings is 2. The summed E-state index contributed by atoms with van der Waals surface area (Å²) in [7, 11) is 1.19. The van der Waals surface area contributed by atoms with Crippen molar-refractivity contribution in [1.29, 1.82) is 0 Å². The highest BCUT2D eigenvalue weighted by molar-refractivity contribution is 9.10. The second kappa shape index (κ2) is 6.09. The molecule has 2 aromatic rings. The number of esters is 1. The van der Waals surface area contributed by atoms with Gasteiger partial charge in [0.1, 0.15) is 11.3 Å². The lowest BCUT2D eigenvalue weighted by molar-refractivity contribution is 0.0598. The minimum absolute atomic E-state index is 0.00690. The van der Waals surface area contributed by atoms with Crippen molar-refractivity contribution in [3.63, 3.8) is 0 Å². The number of nitrogens with two attached hydrogens (primary N) is 1. The summed E-state index contributed by atoms with van der Waals surface area (Å²) in [5.74, 6) is -3.29. The summed E-state index contributed by atoms with van der Waals surface area (Å²) in [6, 6.07) is 6.38. The molecule has 2 aromatic carbocycles. The number of hydrogen-bond donors (Lipinski definition) is 1. The predicted octanol–water partition coefficient (Wildman–Crippen LogP) is 3.89. The molecule has 0 aromatic heterocycles. The quantitative estimate of drug-likeness (QED) is 0.514. The van der Waals surface area contributed by atoms with Gasteiger partial charge in [-0.05, 0) is 30.3 Å². The van der Waals surface area contributed by atoms with Gasteiger partial charge in [-0.1, -0.05) is 15.9 Å². The van der Waals surface area contributed by atoms with Gasteiger partial charge in [-0.15, -0.1) is 0 Å². The normalized spacial score (nSPS) is 10.3. The van der Waals surface area contributed by atoms with Crippen LogP contribution < -0.4 is 10.5 Å². The van der Waals surface area contributed by atoms with Gasteiger partial charge >= 0.3 is 5.97 Å². The summed E-state index contributed by atoms with van der Waals surface area (Å²) in [4.78, 5) is 11.7. The van der Waals surface area contributed by atoms with Crippen LogP contribution in [0.3, 0.4) is 0 Å². The highest BCUT2D eigenvalue weighted by atomic mass is 79.9. The molecule has 0 atom stereocenters. The number of ether oxygens (including phenoxy) is 2. The van der Waals surface area contributed by atoms with Gasteiger partial charge in [0, 0.05) is 10.2 Å². The SMILES string of the molecule is COC(=O)c1cc(N)ccc1Oc1cc(Br)cc(F)c1F. The summed E-state index contributed by atoms with van der Waals surface area (Å²) >= 11 is 3.03. The monoisotopic (exact) mass is 357 g/mol. The zero-order valence-electron chi connectivity index (χ0n) is 10.8. The van der Waals surface area contributed by atoms with Crippen molar-refractivity contribution in [2.75, 3.05) is 12.8 Å². The van der Waals surface area contributed by atoms with Crippen LogP contribution in [0.2, 0.25) is 0 Å². The molecule has 0 aliphatic rings. The van der Waals surface area contributed by atoms with Gasteiger partial charge in [-0.2, -0.15) is 4.39 Å². The molecule has 0 saturated carbocycles. The molecule has 0 spiro atoms. The summed E-state index contributed by atoms with van der Waals surface area (Å²) in [5, 5.41) is 0. The van der Waals surface area contributed by atoms with Crippen molar-refractivity contribution < 1.29 is 23.0 Å². The van der Waals surface area contributed by atoms with E-state index < -0.39 is 17.6 Å². The standard InChI is InChI=1S/C14H10BrF2NO3/c1-20-14(19)9-6-8(18)2-3-11(9)21-12-5-7(15)4-10(16)13(12)17/h2-6H,18H2,1H3. The maximum Gasteiger partial charge on any atom is 0.341 e. The second-order valence-corrected chi connectivity index (χ2v) is 4.96. The fourth-order valence-corrected chi connectivity index (χ4v) is 2.04. The van der Waals surface area contributed by atoms with E-state index in [1.54, 1.807) is 0 Å². The molecule has 0 fully saturated rings. The Balaban J connectivity index is 2.47. The van der Waals surface area contributed by atoms with Crippen LogP contribution in [0, 0.1) is 11.6 Å². The van der Waals surface area contributed by atoms with Crippen LogP contribution in [0.5, 0.6) is 11.5 Å². The molecule has 110 valence electrons. The smallest absolute Gasteiger partial charge is 0.341 e. The Labute approximate surface area is 127 Å². The van der Waals surface area contributed by atoms with E-state index in [1.807, 2.05) is 0 Å². The first-order valence-electron chi connectivity index (χ1n) is 5.72. The lowest BCUT2D eigenvalue weighted by Gasteiger charge is -2.12. The zero-order chi connectivity index (χ0) is 15.6. The minimum Gasteiger partial charge on any atom is -0.465 e. The first kappa shape index (κ1) is 15.2. The number of nitrogen functional groups attached to an aromatic ring is 1. The fourth-order valence-electron chi connectivity index (χ4n) is 1.63. The van der Waals surface area contributed by atoms with E-state index in [9.17, 15) is 13.6 Å². The number of anilines is 1. The Morgan fingerprint density at radius 1 is 1.19 bits per heavy atom. The van der Waals surface area contributed by atoms with E-state index in [-0.39, 0.29) is 17.1 Å². The third-order valence-electron chi connectivity index (χ3n) is 2.59. The minimum atomic E-state index is -1.16. The Bertz CT molecular complexity index is 707. The van der Waals surface area contributed by atoms with Crippen molar-refractivity contribution >= 4 is 27.6 Å². The number of methoxy groups -OCH3 is 1. The third-order valence-corrected chi connectivity index (χ3v) is 3.05. The van der Waals surface area contributed by atoms with Crippen molar-refractivity contribution in [1.82, 2.24) is 0 Å². The van der Waals surface area contributed by atoms with Gasteiger partial charge in [0.25, 0.3) is 0 Å². The van der Waals surface area contributed by atoms with E-state index in [0.29, 0.717) is 10.2 Å². The number of halogens is 3. The first-order chi connectivity index (χ1) is 9.92. The van der Waals surface area contributed by atoms with Gasteiger partial charge in [0.2, 0.25) is 5.82 Å². The fraction of sp³-hybridized carbons (Fsp3) is 0.0714. The van der Waals surface area contributed by atoms with Crippen LogP contribution in [-0.4, -0.2) is 13.1 Å². The largest absolute Gasteiger partial charge is 0.465 e. The Morgan fingerprint density at radius 3 is 2.57 bits per heavy atom. The van der Waals surface area contributed by atoms with Crippen molar-refractivity contribution in [2.24, 2.45) is 0 Å². The van der Waals surface area contributed by atoms with E-state index in [1.165, 1.54) is 31.4 Å². The summed E-state index contributed by atoms with van der Waals surface area (Å²) < 4.78 is 37.2. The van der Waals surface area contributed by atoms with Gasteiger partial charge < -0.3 is 15.2 Å². The van der Waals surface area contributed by atoms with Gasteiger partial charge in [-0.3, -0.25) is 0 Å². The van der Waals surface area contributed by atoms with Crippen LogP contribution in [0.15, 0.2) is 34.8 Å². The van der Waals surface area contributed by atoms with Crippen LogP contribution in [0.4, 0.5) is 14.5 Å². The highest BCUT2D eigenvalue weighted by Crippen LogP contribution is 2.32. The Hall–Kier alpha value is -2.15. The van der Waals surface area contributed by atoms with Gasteiger partial charge in [-0.25, -0.2) is 9.18 Å². The summed E-state index contributed by atoms with van der Waals surface area (Å²) in [6.45, 7) is 0. The topological polar surface area (TPSA) is 61.5 Å². The molecule has 0 saturated heterocycles. The Kier molecular flexibility index (Phi) is 4.42. The lowest BCUT2D eigenvalue weighted by atomic mass is 10.2. The molecule has 0 unspecified atom stereocenters. The van der Waals surface area contributed by atoms with E-state index >= 15 is 0 Å². The van der Waals surface area contributed by atoms with Crippen molar-refractivity contribution in [3.05, 3.63) is 52.0 Å². The van der Waals surface area contributed by atoms with Crippen LogP contribution in [-0.2, 0) is 4.74 Å². The zero-order valence-corrected chi connectivity index (χ0v) is 12.4. The molecule has 2 N–H and O–H groups in total. The summed E-state index contributed by atoms with van der Waals surface area (Å²) in [6.07, 6.45) is 0. The molecule has 0 aliphatic heterocycles. The molecular weight excluding hydrogens is 348 g/mol. The van der Waals surface area contributed by atoms with Crippen molar-refractivity contribution in [3.8, 4) is 11.5 Å². The van der Waals surface area contributed by atoms with Gasteiger partial charge in [0.05, 0.1) is 7.11 Å². The maximum atomic E-state index is 13.7. The molecule has 21 heavy (non-hydrogen) atoms. The molecule has 0 heterocycles.